The molecule has 0 spiro atoms. The van der Waals surface area contributed by atoms with Crippen LogP contribution in [0.15, 0.2) is 73.1 Å². The molecule has 0 bridgehead atoms. The summed E-state index contributed by atoms with van der Waals surface area (Å²) in [6.07, 6.45) is -0.284. The first-order valence-corrected chi connectivity index (χ1v) is 12.0. The lowest BCUT2D eigenvalue weighted by atomic mass is 9.71. The van der Waals surface area contributed by atoms with Gasteiger partial charge in [0.1, 0.15) is 12.2 Å². The molecule has 11 heteroatoms. The Hall–Kier alpha value is -4.41. The predicted molar refractivity (Wildman–Crippen MR) is 134 cm³/mol. The zero-order valence-corrected chi connectivity index (χ0v) is 20.2. The molecule has 5 rings (SSSR count). The molecule has 2 aromatic heterocycles. The zero-order chi connectivity index (χ0) is 26.8. The molecule has 4 aromatic rings. The minimum absolute atomic E-state index is 0.0801. The van der Waals surface area contributed by atoms with Crippen LogP contribution in [0, 0.1) is 0 Å². The van der Waals surface area contributed by atoms with Crippen LogP contribution in [0.1, 0.15) is 35.3 Å². The van der Waals surface area contributed by atoms with E-state index in [2.05, 4.69) is 25.3 Å². The smallest absolute Gasteiger partial charge is 0.422 e. The number of amides is 2. The van der Waals surface area contributed by atoms with Gasteiger partial charge in [0.05, 0.1) is 22.9 Å². The van der Waals surface area contributed by atoms with E-state index in [1.165, 1.54) is 18.2 Å². The topological polar surface area (TPSA) is 98.1 Å². The van der Waals surface area contributed by atoms with Crippen LogP contribution >= 0.6 is 0 Å². The third-order valence-electron chi connectivity index (χ3n) is 6.46. The Morgan fingerprint density at radius 3 is 2.47 bits per heavy atom. The number of benzene rings is 2. The van der Waals surface area contributed by atoms with Gasteiger partial charge in [-0.2, -0.15) is 13.2 Å². The first kappa shape index (κ1) is 25.2. The molecule has 0 unspecified atom stereocenters. The molecule has 38 heavy (non-hydrogen) atoms. The van der Waals surface area contributed by atoms with Crippen LogP contribution < -0.4 is 15.4 Å². The Kier molecular flexibility index (Phi) is 6.75. The molecule has 2 aromatic carbocycles. The van der Waals surface area contributed by atoms with Crippen molar-refractivity contribution in [3.63, 3.8) is 0 Å². The second-order valence-corrected chi connectivity index (χ2v) is 9.14. The Balaban J connectivity index is 1.22. The lowest BCUT2D eigenvalue weighted by Crippen LogP contribution is -2.51. The molecule has 2 heterocycles. The molecule has 0 aliphatic heterocycles. The fraction of sp³-hybridized carbons (Fsp3) is 0.259. The summed E-state index contributed by atoms with van der Waals surface area (Å²) >= 11 is 0. The summed E-state index contributed by atoms with van der Waals surface area (Å²) < 4.78 is 43.6. The number of imidazole rings is 1. The van der Waals surface area contributed by atoms with Crippen LogP contribution in [-0.2, 0) is 16.9 Å². The van der Waals surface area contributed by atoms with Crippen LogP contribution in [0.2, 0.25) is 0 Å². The first-order valence-electron chi connectivity index (χ1n) is 12.0. The number of para-hydroxylation sites is 2. The monoisotopic (exact) mass is 523 g/mol. The normalized spacial score (nSPS) is 14.5. The van der Waals surface area contributed by atoms with E-state index in [1.807, 2.05) is 41.0 Å². The van der Waals surface area contributed by atoms with Crippen molar-refractivity contribution >= 4 is 28.5 Å². The van der Waals surface area contributed by atoms with E-state index in [-0.39, 0.29) is 24.0 Å². The molecule has 0 saturated heterocycles. The molecule has 0 radical (unpaired) electrons. The van der Waals surface area contributed by atoms with Crippen LogP contribution in [0.25, 0.3) is 11.0 Å². The van der Waals surface area contributed by atoms with E-state index in [9.17, 15) is 22.8 Å². The van der Waals surface area contributed by atoms with Gasteiger partial charge >= 0.3 is 6.18 Å². The number of aromatic nitrogens is 3. The van der Waals surface area contributed by atoms with Crippen LogP contribution in [0.5, 0.6) is 5.88 Å². The van der Waals surface area contributed by atoms with Gasteiger partial charge in [0.2, 0.25) is 11.8 Å². The number of hydrogen-bond donors (Lipinski definition) is 2. The highest BCUT2D eigenvalue weighted by Crippen LogP contribution is 2.41. The summed E-state index contributed by atoms with van der Waals surface area (Å²) in [7, 11) is 0. The van der Waals surface area contributed by atoms with Gasteiger partial charge in [0.15, 0.2) is 6.61 Å². The quantitative estimate of drug-likeness (QED) is 0.345. The Labute approximate surface area is 215 Å². The van der Waals surface area contributed by atoms with Gasteiger partial charge in [-0.05, 0) is 55.2 Å². The fourth-order valence-corrected chi connectivity index (χ4v) is 4.46. The molecule has 1 aliphatic rings. The van der Waals surface area contributed by atoms with Gasteiger partial charge in [-0.3, -0.25) is 9.59 Å². The fourth-order valence-electron chi connectivity index (χ4n) is 4.46. The maximum atomic E-state index is 12.9. The van der Waals surface area contributed by atoms with Crippen molar-refractivity contribution in [2.75, 3.05) is 11.9 Å². The van der Waals surface area contributed by atoms with Crippen molar-refractivity contribution in [3.05, 3.63) is 84.3 Å². The van der Waals surface area contributed by atoms with Crippen LogP contribution in [0.4, 0.5) is 18.9 Å². The van der Waals surface area contributed by atoms with E-state index < -0.39 is 24.2 Å². The number of anilines is 1. The number of ether oxygens (including phenoxy) is 1. The van der Waals surface area contributed by atoms with E-state index in [0.717, 1.165) is 35.9 Å². The molecule has 2 amide bonds. The lowest BCUT2D eigenvalue weighted by Gasteiger charge is -2.43. The highest BCUT2D eigenvalue weighted by atomic mass is 19.4. The number of carbonyl (C=O) groups excluding carboxylic acids is 2. The highest BCUT2D eigenvalue weighted by molar-refractivity contribution is 6.02. The second-order valence-electron chi connectivity index (χ2n) is 9.14. The number of alkyl halides is 3. The number of nitrogens with zero attached hydrogens (tertiary/aromatic N) is 3. The van der Waals surface area contributed by atoms with E-state index in [0.29, 0.717) is 5.69 Å². The summed E-state index contributed by atoms with van der Waals surface area (Å²) in [5, 5.41) is 5.87. The summed E-state index contributed by atoms with van der Waals surface area (Å²) in [6.45, 7) is -1.35. The van der Waals surface area contributed by atoms with Gasteiger partial charge < -0.3 is 19.9 Å². The number of rotatable bonds is 8. The molecule has 1 aliphatic carbocycles. The van der Waals surface area contributed by atoms with Gasteiger partial charge in [0, 0.05) is 11.8 Å². The van der Waals surface area contributed by atoms with Crippen LogP contribution in [0.3, 0.4) is 0 Å². The van der Waals surface area contributed by atoms with Gasteiger partial charge in [0.25, 0.3) is 5.91 Å². The maximum Gasteiger partial charge on any atom is 0.422 e. The Morgan fingerprint density at radius 2 is 1.76 bits per heavy atom. The SMILES string of the molecule is O=C(Cn1cnc2ccccc21)NC1(c2ccc(NC(=O)c3cccc(OCC(F)(F)F)n3)cc2)CCC1. The van der Waals surface area contributed by atoms with Gasteiger partial charge in [-0.15, -0.1) is 0 Å². The number of fused-ring (bicyclic) bond motifs is 1. The van der Waals surface area contributed by atoms with E-state index >= 15 is 0 Å². The number of pyridine rings is 1. The maximum absolute atomic E-state index is 12.9. The van der Waals surface area contributed by atoms with Crippen molar-refractivity contribution in [2.24, 2.45) is 0 Å². The van der Waals surface area contributed by atoms with Crippen molar-refractivity contribution in [1.29, 1.82) is 0 Å². The molecular formula is C27H24F3N5O3. The predicted octanol–water partition coefficient (Wildman–Crippen LogP) is 4.82. The first-order chi connectivity index (χ1) is 18.2. The standard InChI is InChI=1S/C27H24F3N5O3/c28-27(29,30)16-38-24-8-3-6-21(33-24)25(37)32-19-11-9-18(10-12-19)26(13-4-14-26)34-23(36)15-35-17-31-20-5-1-2-7-22(20)35/h1-3,5-12,17H,4,13-16H2,(H,32,37)(H,34,36). The zero-order valence-electron chi connectivity index (χ0n) is 20.2. The van der Waals surface area contributed by atoms with Crippen molar-refractivity contribution < 1.29 is 27.5 Å². The minimum Gasteiger partial charge on any atom is -0.468 e. The summed E-state index contributed by atoms with van der Waals surface area (Å²) in [5.74, 6) is -1.00. The van der Waals surface area contributed by atoms with E-state index in [1.54, 1.807) is 18.5 Å². The van der Waals surface area contributed by atoms with Crippen molar-refractivity contribution in [3.8, 4) is 5.88 Å². The van der Waals surface area contributed by atoms with Crippen molar-refractivity contribution in [2.45, 2.75) is 37.5 Å². The number of hydrogen-bond acceptors (Lipinski definition) is 5. The summed E-state index contributed by atoms with van der Waals surface area (Å²) in [4.78, 5) is 33.7. The largest absolute Gasteiger partial charge is 0.468 e. The van der Waals surface area contributed by atoms with Gasteiger partial charge in [-0.25, -0.2) is 9.97 Å². The second kappa shape index (κ2) is 10.2. The minimum atomic E-state index is -4.51. The van der Waals surface area contributed by atoms with E-state index in [4.69, 9.17) is 0 Å². The molecule has 1 fully saturated rings. The third kappa shape index (κ3) is 5.61. The number of carbonyl (C=O) groups is 2. The van der Waals surface area contributed by atoms with Crippen molar-refractivity contribution in [1.82, 2.24) is 19.9 Å². The summed E-state index contributed by atoms with van der Waals surface area (Å²) in [6, 6.07) is 18.8. The molecule has 2 N–H and O–H groups in total. The van der Waals surface area contributed by atoms with Gasteiger partial charge in [-0.1, -0.05) is 30.3 Å². The average Bonchev–Trinajstić information content (AvgIpc) is 3.28. The molecule has 8 nitrogen and oxygen atoms in total. The number of nitrogens with one attached hydrogen (secondary N) is 2. The molecule has 0 atom stereocenters. The highest BCUT2D eigenvalue weighted by Gasteiger charge is 2.40. The summed E-state index contributed by atoms with van der Waals surface area (Å²) in [5.41, 5.74) is 2.55. The molecule has 1 saturated carbocycles. The molecule has 196 valence electrons. The Bertz CT molecular complexity index is 1460. The van der Waals surface area contributed by atoms with Crippen LogP contribution in [-0.4, -0.2) is 39.1 Å². The Morgan fingerprint density at radius 1 is 1.00 bits per heavy atom. The molecular weight excluding hydrogens is 499 g/mol. The lowest BCUT2D eigenvalue weighted by molar-refractivity contribution is -0.154. The number of halogens is 3. The average molecular weight is 524 g/mol. The third-order valence-corrected chi connectivity index (χ3v) is 6.46.